The van der Waals surface area contributed by atoms with Crippen LogP contribution in [0.1, 0.15) is 34.9 Å². The Hall–Kier alpha value is -4.86. The van der Waals surface area contributed by atoms with E-state index in [1.165, 1.54) is 35.0 Å². The molecule has 13 heteroatoms. The van der Waals surface area contributed by atoms with Gasteiger partial charge in [-0.2, -0.15) is 23.5 Å². The van der Waals surface area contributed by atoms with Crippen LogP contribution in [0.15, 0.2) is 54.6 Å². The molecule has 2 amide bonds. The Morgan fingerprint density at radius 1 is 1.18 bits per heavy atom. The van der Waals surface area contributed by atoms with Crippen molar-refractivity contribution in [1.29, 1.82) is 5.26 Å². The topological polar surface area (TPSA) is 153 Å². The number of aromatic nitrogens is 3. The van der Waals surface area contributed by atoms with Gasteiger partial charge in [-0.1, -0.05) is 6.07 Å². The maximum Gasteiger partial charge on any atom is 0.433 e. The average molecular weight is 525 g/mol. The summed E-state index contributed by atoms with van der Waals surface area (Å²) in [5.74, 6) is -1.09. The molecule has 1 aliphatic heterocycles. The number of hydrogen-bond donors (Lipinski definition) is 2. The lowest BCUT2D eigenvalue weighted by Gasteiger charge is -2.32. The SMILES string of the molecule is N#CC=CC(=O)N1CCC[C@@H](n2nc(-c3ccc(Oc4cccc(C(F)(F)F)n4)cc3)c(C(N)=O)c2N)C1. The molecule has 1 aliphatic rings. The van der Waals surface area contributed by atoms with Crippen molar-refractivity contribution in [1.82, 2.24) is 19.7 Å². The van der Waals surface area contributed by atoms with Crippen LogP contribution in [0.4, 0.5) is 19.0 Å². The highest BCUT2D eigenvalue weighted by atomic mass is 19.4. The van der Waals surface area contributed by atoms with E-state index in [4.69, 9.17) is 21.5 Å². The van der Waals surface area contributed by atoms with Gasteiger partial charge in [0.15, 0.2) is 0 Å². The number of likely N-dealkylation sites (tertiary alicyclic amines) is 1. The first kappa shape index (κ1) is 26.2. The van der Waals surface area contributed by atoms with Crippen molar-refractivity contribution in [2.24, 2.45) is 5.73 Å². The largest absolute Gasteiger partial charge is 0.439 e. The number of pyridine rings is 1. The molecule has 0 radical (unpaired) electrons. The number of piperidine rings is 1. The third-order valence-corrected chi connectivity index (χ3v) is 5.91. The highest BCUT2D eigenvalue weighted by molar-refractivity contribution is 6.03. The Labute approximate surface area is 214 Å². The summed E-state index contributed by atoms with van der Waals surface area (Å²) in [6.07, 6.45) is -1.01. The number of rotatable bonds is 6. The zero-order chi connectivity index (χ0) is 27.4. The molecule has 38 heavy (non-hydrogen) atoms. The van der Waals surface area contributed by atoms with E-state index in [-0.39, 0.29) is 47.2 Å². The van der Waals surface area contributed by atoms with Crippen molar-refractivity contribution in [3.8, 4) is 29.0 Å². The molecule has 196 valence electrons. The Morgan fingerprint density at radius 3 is 2.58 bits per heavy atom. The molecule has 0 spiro atoms. The van der Waals surface area contributed by atoms with E-state index in [0.717, 1.165) is 12.1 Å². The summed E-state index contributed by atoms with van der Waals surface area (Å²) in [4.78, 5) is 29.7. The fourth-order valence-electron chi connectivity index (χ4n) is 4.17. The molecular formula is C25H22F3N7O3. The van der Waals surface area contributed by atoms with E-state index in [9.17, 15) is 22.8 Å². The number of amides is 2. The molecule has 10 nitrogen and oxygen atoms in total. The summed E-state index contributed by atoms with van der Waals surface area (Å²) in [5, 5.41) is 13.2. The van der Waals surface area contributed by atoms with Gasteiger partial charge >= 0.3 is 6.18 Å². The Kier molecular flexibility index (Phi) is 7.33. The maximum absolute atomic E-state index is 12.9. The molecule has 4 rings (SSSR count). The first-order valence-corrected chi connectivity index (χ1v) is 11.4. The predicted octanol–water partition coefficient (Wildman–Crippen LogP) is 3.68. The van der Waals surface area contributed by atoms with Gasteiger partial charge in [-0.05, 0) is 43.2 Å². The number of carbonyl (C=O) groups excluding carboxylic acids is 2. The van der Waals surface area contributed by atoms with E-state index >= 15 is 0 Å². The number of nitrogen functional groups attached to an aromatic ring is 1. The first-order valence-electron chi connectivity index (χ1n) is 11.4. The van der Waals surface area contributed by atoms with Crippen LogP contribution in [-0.4, -0.2) is 44.6 Å². The van der Waals surface area contributed by atoms with Gasteiger partial charge in [0.25, 0.3) is 5.91 Å². The van der Waals surface area contributed by atoms with Crippen molar-refractivity contribution in [2.75, 3.05) is 18.8 Å². The van der Waals surface area contributed by atoms with Crippen LogP contribution in [-0.2, 0) is 11.0 Å². The summed E-state index contributed by atoms with van der Waals surface area (Å²) >= 11 is 0. The second-order valence-corrected chi connectivity index (χ2v) is 8.45. The number of nitrogens with two attached hydrogens (primary N) is 2. The number of carbonyl (C=O) groups is 2. The number of alkyl halides is 3. The standard InChI is InChI=1S/C25H22F3N7O3/c26-25(27,28)18-5-1-6-19(32-18)38-17-10-8-15(9-11-17)22-21(24(31)37)23(30)35(33-22)16-4-3-13-34(14-16)20(36)7-2-12-29/h1-2,5-11,16H,3-4,13-14,30H2,(H2,31,37)/t16-/m1/s1. The number of benzene rings is 1. The molecule has 1 aromatic carbocycles. The lowest BCUT2D eigenvalue weighted by molar-refractivity contribution is -0.141. The zero-order valence-electron chi connectivity index (χ0n) is 19.9. The minimum absolute atomic E-state index is 0.00559. The van der Waals surface area contributed by atoms with Gasteiger partial charge in [-0.3, -0.25) is 9.59 Å². The normalized spacial score (nSPS) is 15.8. The minimum Gasteiger partial charge on any atom is -0.439 e. The number of primary amides is 1. The predicted molar refractivity (Wildman–Crippen MR) is 130 cm³/mol. The quantitative estimate of drug-likeness (QED) is 0.368. The highest BCUT2D eigenvalue weighted by Gasteiger charge is 2.33. The van der Waals surface area contributed by atoms with E-state index in [0.29, 0.717) is 24.9 Å². The average Bonchev–Trinajstić information content (AvgIpc) is 3.24. The van der Waals surface area contributed by atoms with Crippen LogP contribution < -0.4 is 16.2 Å². The van der Waals surface area contributed by atoms with Gasteiger partial charge in [0.1, 0.15) is 28.5 Å². The van der Waals surface area contributed by atoms with E-state index in [1.54, 1.807) is 23.1 Å². The van der Waals surface area contributed by atoms with Crippen LogP contribution >= 0.6 is 0 Å². The molecule has 2 aromatic heterocycles. The first-order chi connectivity index (χ1) is 18.1. The van der Waals surface area contributed by atoms with Gasteiger partial charge in [-0.15, -0.1) is 0 Å². The van der Waals surface area contributed by atoms with Crippen molar-refractivity contribution >= 4 is 17.6 Å². The number of nitriles is 1. The lowest BCUT2D eigenvalue weighted by atomic mass is 10.1. The molecule has 0 aliphatic carbocycles. The van der Waals surface area contributed by atoms with Crippen molar-refractivity contribution < 1.29 is 27.5 Å². The summed E-state index contributed by atoms with van der Waals surface area (Å²) in [5.41, 5.74) is 11.5. The van der Waals surface area contributed by atoms with Crippen LogP contribution in [0.2, 0.25) is 0 Å². The monoisotopic (exact) mass is 525 g/mol. The van der Waals surface area contributed by atoms with Crippen LogP contribution in [0.25, 0.3) is 11.3 Å². The van der Waals surface area contributed by atoms with Gasteiger partial charge < -0.3 is 21.1 Å². The molecule has 0 saturated carbocycles. The fourth-order valence-corrected chi connectivity index (χ4v) is 4.17. The number of ether oxygens (including phenoxy) is 1. The molecule has 1 atom stereocenters. The lowest BCUT2D eigenvalue weighted by Crippen LogP contribution is -2.40. The van der Waals surface area contributed by atoms with Crippen molar-refractivity contribution in [2.45, 2.75) is 25.1 Å². The second kappa shape index (κ2) is 10.6. The smallest absolute Gasteiger partial charge is 0.433 e. The van der Waals surface area contributed by atoms with Gasteiger partial charge in [-0.25, -0.2) is 9.67 Å². The number of hydrogen-bond acceptors (Lipinski definition) is 7. The van der Waals surface area contributed by atoms with Gasteiger partial charge in [0.2, 0.25) is 11.8 Å². The Morgan fingerprint density at radius 2 is 1.92 bits per heavy atom. The fraction of sp³-hybridized carbons (Fsp3) is 0.240. The van der Waals surface area contributed by atoms with Crippen LogP contribution in [0, 0.1) is 11.3 Å². The Bertz CT molecular complexity index is 1430. The molecule has 1 fully saturated rings. The van der Waals surface area contributed by atoms with E-state index < -0.39 is 17.8 Å². The van der Waals surface area contributed by atoms with Gasteiger partial charge in [0.05, 0.1) is 12.1 Å². The number of nitrogens with zero attached hydrogens (tertiary/aromatic N) is 5. The molecule has 1 saturated heterocycles. The van der Waals surface area contributed by atoms with Crippen molar-refractivity contribution in [3.63, 3.8) is 0 Å². The molecular weight excluding hydrogens is 503 g/mol. The van der Waals surface area contributed by atoms with Crippen LogP contribution in [0.5, 0.6) is 11.6 Å². The Balaban J connectivity index is 1.59. The molecule has 3 heterocycles. The zero-order valence-corrected chi connectivity index (χ0v) is 19.9. The summed E-state index contributed by atoms with van der Waals surface area (Å²) < 4.78 is 45.7. The third-order valence-electron chi connectivity index (χ3n) is 5.91. The van der Waals surface area contributed by atoms with E-state index in [1.807, 2.05) is 0 Å². The summed E-state index contributed by atoms with van der Waals surface area (Å²) in [7, 11) is 0. The summed E-state index contributed by atoms with van der Waals surface area (Å²) in [6.45, 7) is 0.777. The van der Waals surface area contributed by atoms with Crippen LogP contribution in [0.3, 0.4) is 0 Å². The second-order valence-electron chi connectivity index (χ2n) is 8.45. The van der Waals surface area contributed by atoms with Crippen molar-refractivity contribution in [3.05, 3.63) is 65.9 Å². The maximum atomic E-state index is 12.9. The summed E-state index contributed by atoms with van der Waals surface area (Å²) in [6, 6.07) is 10.9. The number of allylic oxidation sites excluding steroid dienone is 1. The van der Waals surface area contributed by atoms with Gasteiger partial charge in [0, 0.05) is 36.9 Å². The highest BCUT2D eigenvalue weighted by Crippen LogP contribution is 2.34. The number of halogens is 3. The van der Waals surface area contributed by atoms with E-state index in [2.05, 4.69) is 10.1 Å². The number of anilines is 1. The third kappa shape index (κ3) is 5.59. The molecule has 0 unspecified atom stereocenters. The molecule has 3 aromatic rings. The molecule has 0 bridgehead atoms. The minimum atomic E-state index is -4.61. The molecule has 4 N–H and O–H groups in total.